The molecule has 0 aliphatic carbocycles. The predicted octanol–water partition coefficient (Wildman–Crippen LogP) is 2.68. The molecule has 1 heterocycles. The van der Waals surface area contributed by atoms with Crippen LogP contribution >= 0.6 is 15.9 Å². The molecule has 1 aromatic heterocycles. The summed E-state index contributed by atoms with van der Waals surface area (Å²) in [6.45, 7) is 1.90. The first-order chi connectivity index (χ1) is 4.70. The maximum atomic E-state index is 12.4. The summed E-state index contributed by atoms with van der Waals surface area (Å²) in [5.41, 5.74) is 0.722. The van der Waals surface area contributed by atoms with Crippen molar-refractivity contribution in [3.8, 4) is 0 Å². The first-order valence-corrected chi connectivity index (χ1v) is 3.88. The fraction of sp³-hybridized carbons (Fsp3) is 0.286. The van der Waals surface area contributed by atoms with Crippen LogP contribution in [0.15, 0.2) is 18.2 Å². The van der Waals surface area contributed by atoms with Crippen LogP contribution in [0, 0.1) is 5.95 Å². The molecule has 10 heavy (non-hydrogen) atoms. The number of halogens is 2. The quantitative estimate of drug-likeness (QED) is 0.506. The maximum Gasteiger partial charge on any atom is 0.213 e. The van der Waals surface area contributed by atoms with Gasteiger partial charge >= 0.3 is 0 Å². The zero-order chi connectivity index (χ0) is 7.56. The minimum Gasteiger partial charge on any atom is -0.224 e. The number of alkyl halides is 1. The van der Waals surface area contributed by atoms with Crippen LogP contribution in [-0.4, -0.2) is 4.98 Å². The van der Waals surface area contributed by atoms with Gasteiger partial charge in [0, 0.05) is 0 Å². The summed E-state index contributed by atoms with van der Waals surface area (Å²) < 4.78 is 12.4. The topological polar surface area (TPSA) is 12.9 Å². The number of nitrogens with zero attached hydrogens (tertiary/aromatic N) is 1. The van der Waals surface area contributed by atoms with E-state index >= 15 is 0 Å². The van der Waals surface area contributed by atoms with E-state index in [1.165, 1.54) is 6.07 Å². The highest BCUT2D eigenvalue weighted by Gasteiger charge is 2.01. The van der Waals surface area contributed by atoms with Crippen molar-refractivity contribution in [2.45, 2.75) is 11.8 Å². The third-order valence-corrected chi connectivity index (χ3v) is 1.61. The second-order valence-electron chi connectivity index (χ2n) is 2.00. The Hall–Kier alpha value is -0.440. The van der Waals surface area contributed by atoms with E-state index in [9.17, 15) is 4.39 Å². The predicted molar refractivity (Wildman–Crippen MR) is 41.5 cm³/mol. The van der Waals surface area contributed by atoms with Crippen LogP contribution in [0.3, 0.4) is 0 Å². The SMILES string of the molecule is CC(Br)c1cccc(F)n1. The van der Waals surface area contributed by atoms with Crippen LogP contribution in [0.25, 0.3) is 0 Å². The van der Waals surface area contributed by atoms with Crippen LogP contribution in [-0.2, 0) is 0 Å². The lowest BCUT2D eigenvalue weighted by atomic mass is 10.3. The van der Waals surface area contributed by atoms with Crippen molar-refractivity contribution in [2.75, 3.05) is 0 Å². The number of pyridine rings is 1. The van der Waals surface area contributed by atoms with Crippen molar-refractivity contribution in [1.82, 2.24) is 4.98 Å². The van der Waals surface area contributed by atoms with E-state index in [1.807, 2.05) is 6.92 Å². The van der Waals surface area contributed by atoms with Gasteiger partial charge in [-0.25, -0.2) is 4.98 Å². The summed E-state index contributed by atoms with van der Waals surface area (Å²) in [5.74, 6) is -0.427. The fourth-order valence-corrected chi connectivity index (χ4v) is 0.901. The molecule has 54 valence electrons. The molecule has 1 rings (SSSR count). The number of hydrogen-bond donors (Lipinski definition) is 0. The Labute approximate surface area is 67.4 Å². The minimum absolute atomic E-state index is 0.114. The van der Waals surface area contributed by atoms with Crippen LogP contribution in [0.1, 0.15) is 17.4 Å². The number of hydrogen-bond acceptors (Lipinski definition) is 1. The highest BCUT2D eigenvalue weighted by Crippen LogP contribution is 2.18. The average molecular weight is 204 g/mol. The van der Waals surface area contributed by atoms with Crippen LogP contribution in [0.2, 0.25) is 0 Å². The largest absolute Gasteiger partial charge is 0.224 e. The lowest BCUT2D eigenvalue weighted by Gasteiger charge is -1.99. The van der Waals surface area contributed by atoms with Crippen molar-refractivity contribution in [2.24, 2.45) is 0 Å². The zero-order valence-corrected chi connectivity index (χ0v) is 7.10. The van der Waals surface area contributed by atoms with Gasteiger partial charge in [-0.05, 0) is 19.1 Å². The molecule has 0 aromatic carbocycles. The average Bonchev–Trinajstić information content (AvgIpc) is 1.88. The monoisotopic (exact) mass is 203 g/mol. The van der Waals surface area contributed by atoms with Gasteiger partial charge in [0.2, 0.25) is 5.95 Å². The first-order valence-electron chi connectivity index (χ1n) is 2.96. The van der Waals surface area contributed by atoms with E-state index in [0.29, 0.717) is 0 Å². The third-order valence-electron chi connectivity index (χ3n) is 1.14. The molecular formula is C7H7BrFN. The number of aromatic nitrogens is 1. The highest BCUT2D eigenvalue weighted by atomic mass is 79.9. The van der Waals surface area contributed by atoms with Gasteiger partial charge in [-0.1, -0.05) is 22.0 Å². The molecular weight excluding hydrogens is 197 g/mol. The van der Waals surface area contributed by atoms with Crippen LogP contribution < -0.4 is 0 Å². The molecule has 0 saturated carbocycles. The molecule has 0 N–H and O–H groups in total. The molecule has 0 spiro atoms. The third kappa shape index (κ3) is 1.77. The summed E-state index contributed by atoms with van der Waals surface area (Å²) >= 11 is 3.29. The van der Waals surface area contributed by atoms with E-state index in [1.54, 1.807) is 12.1 Å². The van der Waals surface area contributed by atoms with Gasteiger partial charge in [0.25, 0.3) is 0 Å². The molecule has 1 unspecified atom stereocenters. The molecule has 0 bridgehead atoms. The second-order valence-corrected chi connectivity index (χ2v) is 3.37. The Morgan fingerprint density at radius 2 is 2.30 bits per heavy atom. The molecule has 1 atom stereocenters. The second kappa shape index (κ2) is 3.10. The Morgan fingerprint density at radius 1 is 1.60 bits per heavy atom. The normalized spacial score (nSPS) is 13.1. The molecule has 0 radical (unpaired) electrons. The lowest BCUT2D eigenvalue weighted by Crippen LogP contribution is -1.90. The van der Waals surface area contributed by atoms with Crippen LogP contribution in [0.5, 0.6) is 0 Å². The van der Waals surface area contributed by atoms with Gasteiger partial charge in [0.15, 0.2) is 0 Å². The molecule has 1 aromatic rings. The Bertz CT molecular complexity index is 225. The Balaban J connectivity index is 2.96. The van der Waals surface area contributed by atoms with Gasteiger partial charge in [0.05, 0.1) is 10.5 Å². The summed E-state index contributed by atoms with van der Waals surface area (Å²) in [6.07, 6.45) is 0. The summed E-state index contributed by atoms with van der Waals surface area (Å²) in [5, 5.41) is 0. The Kier molecular flexibility index (Phi) is 2.38. The van der Waals surface area contributed by atoms with Gasteiger partial charge in [-0.2, -0.15) is 4.39 Å². The molecule has 3 heteroatoms. The molecule has 0 aliphatic heterocycles. The van der Waals surface area contributed by atoms with Gasteiger partial charge < -0.3 is 0 Å². The molecule has 0 amide bonds. The van der Waals surface area contributed by atoms with Crippen molar-refractivity contribution in [1.29, 1.82) is 0 Å². The van der Waals surface area contributed by atoms with E-state index in [-0.39, 0.29) is 4.83 Å². The lowest BCUT2D eigenvalue weighted by molar-refractivity contribution is 0.577. The van der Waals surface area contributed by atoms with Crippen molar-refractivity contribution >= 4 is 15.9 Å². The van der Waals surface area contributed by atoms with Crippen molar-refractivity contribution in [3.05, 3.63) is 29.8 Å². The fourth-order valence-electron chi connectivity index (χ4n) is 0.646. The summed E-state index contributed by atoms with van der Waals surface area (Å²) in [4.78, 5) is 3.77. The van der Waals surface area contributed by atoms with Crippen molar-refractivity contribution < 1.29 is 4.39 Å². The van der Waals surface area contributed by atoms with Gasteiger partial charge in [0.1, 0.15) is 0 Å². The standard InChI is InChI=1S/C7H7BrFN/c1-5(8)6-3-2-4-7(9)10-6/h2-5H,1H3. The highest BCUT2D eigenvalue weighted by molar-refractivity contribution is 9.09. The van der Waals surface area contributed by atoms with E-state index in [2.05, 4.69) is 20.9 Å². The van der Waals surface area contributed by atoms with E-state index in [4.69, 9.17) is 0 Å². The van der Waals surface area contributed by atoms with Gasteiger partial charge in [-0.15, -0.1) is 0 Å². The summed E-state index contributed by atoms with van der Waals surface area (Å²) in [6, 6.07) is 4.76. The molecule has 0 aliphatic rings. The van der Waals surface area contributed by atoms with Gasteiger partial charge in [-0.3, -0.25) is 0 Å². The molecule has 0 fully saturated rings. The van der Waals surface area contributed by atoms with E-state index < -0.39 is 5.95 Å². The number of rotatable bonds is 1. The maximum absolute atomic E-state index is 12.4. The van der Waals surface area contributed by atoms with Crippen molar-refractivity contribution in [3.63, 3.8) is 0 Å². The smallest absolute Gasteiger partial charge is 0.213 e. The van der Waals surface area contributed by atoms with E-state index in [0.717, 1.165) is 5.69 Å². The zero-order valence-electron chi connectivity index (χ0n) is 5.51. The minimum atomic E-state index is -0.427. The molecule has 0 saturated heterocycles. The Morgan fingerprint density at radius 3 is 2.70 bits per heavy atom. The van der Waals surface area contributed by atoms with Crippen LogP contribution in [0.4, 0.5) is 4.39 Å². The summed E-state index contributed by atoms with van der Waals surface area (Å²) in [7, 11) is 0. The molecule has 1 nitrogen and oxygen atoms in total. The first kappa shape index (κ1) is 7.66.